The van der Waals surface area contributed by atoms with Gasteiger partial charge in [-0.05, 0) is 58.6 Å². The van der Waals surface area contributed by atoms with Gasteiger partial charge in [-0.3, -0.25) is 0 Å². The summed E-state index contributed by atoms with van der Waals surface area (Å²) in [5.41, 5.74) is 2.73. The summed E-state index contributed by atoms with van der Waals surface area (Å²) < 4.78 is 14.3. The van der Waals surface area contributed by atoms with Crippen LogP contribution in [0.15, 0.2) is 30.6 Å². The van der Waals surface area contributed by atoms with Gasteiger partial charge in [-0.15, -0.1) is 0 Å². The molecule has 1 aliphatic rings. The van der Waals surface area contributed by atoms with Crippen LogP contribution in [0, 0.1) is 13.8 Å². The Labute approximate surface area is 132 Å². The molecule has 22 heavy (non-hydrogen) atoms. The van der Waals surface area contributed by atoms with Gasteiger partial charge in [-0.25, -0.2) is 4.98 Å². The molecule has 0 unspecified atom stereocenters. The third-order valence-electron chi connectivity index (χ3n) is 4.83. The first-order chi connectivity index (χ1) is 10.2. The number of benzene rings is 1. The monoisotopic (exact) mass is 298 g/mol. The van der Waals surface area contributed by atoms with Gasteiger partial charge in [-0.1, -0.05) is 12.1 Å². The van der Waals surface area contributed by atoms with Crippen LogP contribution in [-0.2, 0) is 9.31 Å². The molecular weight excluding hydrogens is 275 g/mol. The summed E-state index contributed by atoms with van der Waals surface area (Å²) in [7, 11) is -0.318. The summed E-state index contributed by atoms with van der Waals surface area (Å²) >= 11 is 0. The number of hydrogen-bond acceptors (Lipinski definition) is 3. The molecule has 0 spiro atoms. The third-order valence-corrected chi connectivity index (χ3v) is 4.83. The van der Waals surface area contributed by atoms with Crippen molar-refractivity contribution in [2.24, 2.45) is 0 Å². The number of nitrogens with zero attached hydrogens (tertiary/aromatic N) is 2. The summed E-state index contributed by atoms with van der Waals surface area (Å²) in [5, 5.41) is 0. The van der Waals surface area contributed by atoms with E-state index in [4.69, 9.17) is 9.31 Å². The van der Waals surface area contributed by atoms with Crippen molar-refractivity contribution in [3.8, 4) is 5.69 Å². The van der Waals surface area contributed by atoms with Crippen LogP contribution in [0.5, 0.6) is 0 Å². The Hall–Kier alpha value is -1.59. The first-order valence-corrected chi connectivity index (χ1v) is 7.68. The topological polar surface area (TPSA) is 36.3 Å². The van der Waals surface area contributed by atoms with E-state index in [-0.39, 0.29) is 18.3 Å². The van der Waals surface area contributed by atoms with Gasteiger partial charge in [0.1, 0.15) is 5.82 Å². The van der Waals surface area contributed by atoms with Crippen LogP contribution in [0.2, 0.25) is 0 Å². The molecule has 2 aromatic rings. The Morgan fingerprint density at radius 3 is 2.18 bits per heavy atom. The molecule has 0 aliphatic carbocycles. The highest BCUT2D eigenvalue weighted by Gasteiger charge is 2.51. The van der Waals surface area contributed by atoms with E-state index in [1.807, 2.05) is 19.3 Å². The van der Waals surface area contributed by atoms with Crippen LogP contribution < -0.4 is 5.46 Å². The number of hydrogen-bond donors (Lipinski definition) is 0. The van der Waals surface area contributed by atoms with E-state index in [9.17, 15) is 0 Å². The first kappa shape index (κ1) is 15.3. The molecule has 1 aromatic heterocycles. The molecule has 116 valence electrons. The first-order valence-electron chi connectivity index (χ1n) is 7.68. The van der Waals surface area contributed by atoms with E-state index in [1.54, 1.807) is 0 Å². The van der Waals surface area contributed by atoms with Gasteiger partial charge >= 0.3 is 7.12 Å². The molecule has 0 amide bonds. The highest BCUT2D eigenvalue weighted by Crippen LogP contribution is 2.36. The standard InChI is InChI=1S/C17H23BN2O2/c1-12-11-14(18-21-16(3,4)17(5,6)22-18)7-8-15(12)20-10-9-19-13(20)2/h7-11H,1-6H3. The quantitative estimate of drug-likeness (QED) is 0.800. The molecular formula is C17H23BN2O2. The highest BCUT2D eigenvalue weighted by molar-refractivity contribution is 6.62. The summed E-state index contributed by atoms with van der Waals surface area (Å²) in [4.78, 5) is 4.29. The molecule has 1 saturated heterocycles. The molecule has 3 rings (SSSR count). The molecule has 0 atom stereocenters. The Morgan fingerprint density at radius 2 is 1.68 bits per heavy atom. The van der Waals surface area contributed by atoms with Crippen LogP contribution in [0.1, 0.15) is 39.1 Å². The fourth-order valence-corrected chi connectivity index (χ4v) is 2.71. The zero-order valence-electron chi connectivity index (χ0n) is 14.2. The van der Waals surface area contributed by atoms with Crippen molar-refractivity contribution in [2.75, 3.05) is 0 Å². The predicted molar refractivity (Wildman–Crippen MR) is 88.8 cm³/mol. The summed E-state index contributed by atoms with van der Waals surface area (Å²) in [6, 6.07) is 6.31. The lowest BCUT2D eigenvalue weighted by Gasteiger charge is -2.32. The van der Waals surface area contributed by atoms with E-state index in [1.165, 1.54) is 5.56 Å². The summed E-state index contributed by atoms with van der Waals surface area (Å²) in [6.45, 7) is 12.4. The Kier molecular flexibility index (Phi) is 3.46. The SMILES string of the molecule is Cc1cc(B2OC(C)(C)C(C)(C)O2)ccc1-n1ccnc1C. The summed E-state index contributed by atoms with van der Waals surface area (Å²) in [6.07, 6.45) is 3.79. The fourth-order valence-electron chi connectivity index (χ4n) is 2.71. The Morgan fingerprint density at radius 1 is 1.05 bits per heavy atom. The Bertz CT molecular complexity index is 690. The largest absolute Gasteiger partial charge is 0.494 e. The second-order valence-corrected chi connectivity index (χ2v) is 6.98. The van der Waals surface area contributed by atoms with Gasteiger partial charge in [0.2, 0.25) is 0 Å². The minimum absolute atomic E-state index is 0.314. The summed E-state index contributed by atoms with van der Waals surface area (Å²) in [5.74, 6) is 0.978. The van der Waals surface area contributed by atoms with Crippen molar-refractivity contribution in [1.29, 1.82) is 0 Å². The van der Waals surface area contributed by atoms with E-state index in [2.05, 4.69) is 62.4 Å². The maximum Gasteiger partial charge on any atom is 0.494 e. The van der Waals surface area contributed by atoms with Crippen molar-refractivity contribution < 1.29 is 9.31 Å². The molecule has 0 saturated carbocycles. The minimum Gasteiger partial charge on any atom is -0.399 e. The molecule has 1 fully saturated rings. The van der Waals surface area contributed by atoms with Crippen molar-refractivity contribution >= 4 is 12.6 Å². The number of imidazole rings is 1. The predicted octanol–water partition coefficient (Wildman–Crippen LogP) is 2.79. The zero-order valence-corrected chi connectivity index (χ0v) is 14.2. The number of aromatic nitrogens is 2. The highest BCUT2D eigenvalue weighted by atomic mass is 16.7. The molecule has 1 aromatic carbocycles. The smallest absolute Gasteiger partial charge is 0.399 e. The van der Waals surface area contributed by atoms with Crippen LogP contribution >= 0.6 is 0 Å². The fraction of sp³-hybridized carbons (Fsp3) is 0.471. The van der Waals surface area contributed by atoms with Crippen LogP contribution in [0.4, 0.5) is 0 Å². The second kappa shape index (κ2) is 4.96. The number of rotatable bonds is 2. The number of aryl methyl sites for hydroxylation is 2. The minimum atomic E-state index is -0.318. The van der Waals surface area contributed by atoms with E-state index >= 15 is 0 Å². The van der Waals surface area contributed by atoms with Crippen molar-refractivity contribution in [3.05, 3.63) is 42.0 Å². The average molecular weight is 298 g/mol. The average Bonchev–Trinajstić information content (AvgIpc) is 2.91. The molecule has 2 heterocycles. The molecule has 1 aliphatic heterocycles. The molecule has 0 bridgehead atoms. The van der Waals surface area contributed by atoms with Crippen molar-refractivity contribution in [2.45, 2.75) is 52.7 Å². The van der Waals surface area contributed by atoms with E-state index in [0.29, 0.717) is 0 Å². The van der Waals surface area contributed by atoms with E-state index in [0.717, 1.165) is 17.0 Å². The van der Waals surface area contributed by atoms with Gasteiger partial charge in [0.15, 0.2) is 0 Å². The maximum atomic E-state index is 6.12. The molecule has 5 heteroatoms. The second-order valence-electron chi connectivity index (χ2n) is 6.98. The lowest BCUT2D eigenvalue weighted by atomic mass is 9.78. The van der Waals surface area contributed by atoms with Crippen molar-refractivity contribution in [1.82, 2.24) is 9.55 Å². The van der Waals surface area contributed by atoms with Crippen LogP contribution in [0.25, 0.3) is 5.69 Å². The van der Waals surface area contributed by atoms with Crippen molar-refractivity contribution in [3.63, 3.8) is 0 Å². The maximum absolute atomic E-state index is 6.12. The molecule has 4 nitrogen and oxygen atoms in total. The Balaban J connectivity index is 1.92. The lowest BCUT2D eigenvalue weighted by Crippen LogP contribution is -2.41. The van der Waals surface area contributed by atoms with Gasteiger partial charge in [-0.2, -0.15) is 0 Å². The van der Waals surface area contributed by atoms with Crippen LogP contribution in [0.3, 0.4) is 0 Å². The van der Waals surface area contributed by atoms with Gasteiger partial charge in [0.25, 0.3) is 0 Å². The molecule has 0 N–H and O–H groups in total. The van der Waals surface area contributed by atoms with Gasteiger partial charge < -0.3 is 13.9 Å². The van der Waals surface area contributed by atoms with Crippen LogP contribution in [-0.4, -0.2) is 27.9 Å². The third kappa shape index (κ3) is 2.38. The normalized spacial score (nSPS) is 19.6. The van der Waals surface area contributed by atoms with Gasteiger partial charge in [0.05, 0.1) is 11.2 Å². The molecule has 0 radical (unpaired) electrons. The van der Waals surface area contributed by atoms with Gasteiger partial charge in [0, 0.05) is 18.1 Å². The zero-order chi connectivity index (χ0) is 16.1. The van der Waals surface area contributed by atoms with E-state index < -0.39 is 0 Å². The lowest BCUT2D eigenvalue weighted by molar-refractivity contribution is 0.00578.